The number of rotatable bonds is 7. The van der Waals surface area contributed by atoms with Gasteiger partial charge in [-0.25, -0.2) is 0 Å². The molecule has 8 heteroatoms. The Hall–Kier alpha value is -2.74. The summed E-state index contributed by atoms with van der Waals surface area (Å²) in [5.41, 5.74) is 7.05. The summed E-state index contributed by atoms with van der Waals surface area (Å²) < 4.78 is 0. The Bertz CT molecular complexity index is 795. The minimum atomic E-state index is -0.699. The van der Waals surface area contributed by atoms with Crippen LogP contribution in [0.2, 0.25) is 0 Å². The quantitative estimate of drug-likeness (QED) is 0.465. The molecule has 2 heterocycles. The van der Waals surface area contributed by atoms with Crippen LogP contribution >= 0.6 is 0 Å². The van der Waals surface area contributed by atoms with E-state index in [1.54, 1.807) is 4.90 Å². The van der Waals surface area contributed by atoms with Crippen LogP contribution in [0, 0.1) is 0 Å². The van der Waals surface area contributed by atoms with Crippen molar-refractivity contribution in [1.29, 1.82) is 0 Å². The van der Waals surface area contributed by atoms with Crippen molar-refractivity contribution in [2.75, 3.05) is 18.0 Å². The number of hydrogen-bond acceptors (Lipinski definition) is 5. The van der Waals surface area contributed by atoms with Crippen LogP contribution in [0.5, 0.6) is 0 Å². The van der Waals surface area contributed by atoms with Gasteiger partial charge in [0, 0.05) is 25.1 Å². The van der Waals surface area contributed by atoms with Gasteiger partial charge >= 0.3 is 0 Å². The molecule has 4 N–H and O–H groups in total. The number of carbonyl (C=O) groups is 4. The predicted octanol–water partition coefficient (Wildman–Crippen LogP) is 0.947. The monoisotopic (exact) mass is 400 g/mol. The summed E-state index contributed by atoms with van der Waals surface area (Å²) in [4.78, 5) is 50.6. The van der Waals surface area contributed by atoms with Gasteiger partial charge in [-0.1, -0.05) is 24.6 Å². The maximum Gasteiger partial charge on any atom is 0.249 e. The summed E-state index contributed by atoms with van der Waals surface area (Å²) in [6, 6.07) is 6.72. The Morgan fingerprint density at radius 2 is 1.93 bits per heavy atom. The molecule has 1 aromatic carbocycles. The average Bonchev–Trinajstić information content (AvgIpc) is 2.72. The first-order valence-electron chi connectivity index (χ1n) is 10.2. The van der Waals surface area contributed by atoms with Gasteiger partial charge in [0.05, 0.1) is 5.92 Å². The van der Waals surface area contributed by atoms with Crippen molar-refractivity contribution in [2.24, 2.45) is 5.73 Å². The Kier molecular flexibility index (Phi) is 6.98. The lowest BCUT2D eigenvalue weighted by Gasteiger charge is -2.34. The fraction of sp³-hybridized carbons (Fsp3) is 0.524. The number of hydrogen-bond donors (Lipinski definition) is 3. The third kappa shape index (κ3) is 5.00. The molecule has 0 aliphatic carbocycles. The molecule has 2 aliphatic rings. The Labute approximate surface area is 170 Å². The Morgan fingerprint density at radius 1 is 1.14 bits per heavy atom. The number of benzene rings is 1. The molecule has 0 saturated carbocycles. The molecule has 1 saturated heterocycles. The molecule has 4 amide bonds. The van der Waals surface area contributed by atoms with E-state index in [-0.39, 0.29) is 24.1 Å². The standard InChI is InChI=1S/C21H28N4O4/c22-12-5-1-2-8-19(27)25-13-11-15(14-6-3-4-7-17(14)25)20(28)23-16-9-10-18(26)24-21(16)29/h3-4,6-7,15-16H,1-2,5,8-13,22H2,(H,23,28)(H,24,26,29)/t15?,16-/m0/s1. The molecule has 3 rings (SSSR count). The lowest BCUT2D eigenvalue weighted by atomic mass is 9.88. The summed E-state index contributed by atoms with van der Waals surface area (Å²) in [6.45, 7) is 1.09. The minimum Gasteiger partial charge on any atom is -0.344 e. The summed E-state index contributed by atoms with van der Waals surface area (Å²) in [5, 5.41) is 5.03. The first-order chi connectivity index (χ1) is 14.0. The van der Waals surface area contributed by atoms with Crippen LogP contribution in [0.3, 0.4) is 0 Å². The molecule has 156 valence electrons. The highest BCUT2D eigenvalue weighted by Crippen LogP contribution is 2.36. The van der Waals surface area contributed by atoms with Crippen LogP contribution in [-0.4, -0.2) is 42.8 Å². The number of carbonyl (C=O) groups excluding carboxylic acids is 4. The summed E-state index contributed by atoms with van der Waals surface area (Å²) in [6.07, 6.45) is 4.10. The van der Waals surface area contributed by atoms with Gasteiger partial charge < -0.3 is 16.0 Å². The third-order valence-electron chi connectivity index (χ3n) is 5.51. The van der Waals surface area contributed by atoms with Crippen molar-refractivity contribution in [1.82, 2.24) is 10.6 Å². The lowest BCUT2D eigenvalue weighted by molar-refractivity contribution is -0.137. The zero-order valence-electron chi connectivity index (χ0n) is 16.5. The molecule has 0 radical (unpaired) electrons. The van der Waals surface area contributed by atoms with Gasteiger partial charge in [-0.05, 0) is 43.9 Å². The normalized spacial score (nSPS) is 21.3. The number of anilines is 1. The van der Waals surface area contributed by atoms with Gasteiger partial charge in [-0.2, -0.15) is 0 Å². The van der Waals surface area contributed by atoms with E-state index in [1.807, 2.05) is 24.3 Å². The van der Waals surface area contributed by atoms with E-state index >= 15 is 0 Å². The highest BCUT2D eigenvalue weighted by Gasteiger charge is 2.35. The van der Waals surface area contributed by atoms with E-state index in [2.05, 4.69) is 10.6 Å². The zero-order valence-corrected chi connectivity index (χ0v) is 16.5. The highest BCUT2D eigenvalue weighted by atomic mass is 16.2. The molecule has 0 bridgehead atoms. The summed E-state index contributed by atoms with van der Waals surface area (Å²) in [7, 11) is 0. The van der Waals surface area contributed by atoms with Gasteiger partial charge in [0.25, 0.3) is 0 Å². The second-order valence-electron chi connectivity index (χ2n) is 7.56. The van der Waals surface area contributed by atoms with Crippen LogP contribution in [-0.2, 0) is 19.2 Å². The summed E-state index contributed by atoms with van der Waals surface area (Å²) in [5.74, 6) is -1.41. The van der Waals surface area contributed by atoms with Crippen LogP contribution in [0.25, 0.3) is 0 Å². The molecule has 0 spiro atoms. The Balaban J connectivity index is 1.68. The first kappa shape index (κ1) is 21.0. The van der Waals surface area contributed by atoms with Crippen molar-refractivity contribution in [3.63, 3.8) is 0 Å². The van der Waals surface area contributed by atoms with Crippen LogP contribution < -0.4 is 21.3 Å². The number of unbranched alkanes of at least 4 members (excludes halogenated alkanes) is 2. The molecule has 29 heavy (non-hydrogen) atoms. The number of nitrogens with zero attached hydrogens (tertiary/aromatic N) is 1. The average molecular weight is 400 g/mol. The molecule has 1 unspecified atom stereocenters. The number of nitrogens with two attached hydrogens (primary N) is 1. The first-order valence-corrected chi connectivity index (χ1v) is 10.2. The van der Waals surface area contributed by atoms with E-state index in [1.165, 1.54) is 0 Å². The van der Waals surface area contributed by atoms with Crippen molar-refractivity contribution in [2.45, 2.75) is 56.9 Å². The lowest BCUT2D eigenvalue weighted by Crippen LogP contribution is -2.53. The van der Waals surface area contributed by atoms with Crippen LogP contribution in [0.4, 0.5) is 5.69 Å². The number of imide groups is 1. The van der Waals surface area contributed by atoms with Crippen molar-refractivity contribution in [3.8, 4) is 0 Å². The Morgan fingerprint density at radius 3 is 2.69 bits per heavy atom. The van der Waals surface area contributed by atoms with Gasteiger partial charge in [0.15, 0.2) is 0 Å². The second kappa shape index (κ2) is 9.65. The fourth-order valence-electron chi connectivity index (χ4n) is 3.93. The predicted molar refractivity (Wildman–Crippen MR) is 108 cm³/mol. The molecule has 0 aromatic heterocycles. The number of amides is 4. The molecular formula is C21H28N4O4. The summed E-state index contributed by atoms with van der Waals surface area (Å²) >= 11 is 0. The van der Waals surface area contributed by atoms with Gasteiger partial charge in [-0.15, -0.1) is 0 Å². The molecular weight excluding hydrogens is 372 g/mol. The fourth-order valence-corrected chi connectivity index (χ4v) is 3.93. The minimum absolute atomic E-state index is 0.0542. The largest absolute Gasteiger partial charge is 0.344 e. The van der Waals surface area contributed by atoms with Crippen molar-refractivity contribution < 1.29 is 19.2 Å². The SMILES string of the molecule is NCCCCCC(=O)N1CCC(C(=O)N[C@H]2CCC(=O)NC2=O)c2ccccc21. The molecule has 8 nitrogen and oxygen atoms in total. The van der Waals surface area contributed by atoms with Gasteiger partial charge in [-0.3, -0.25) is 24.5 Å². The van der Waals surface area contributed by atoms with E-state index in [0.717, 1.165) is 30.5 Å². The smallest absolute Gasteiger partial charge is 0.249 e. The zero-order chi connectivity index (χ0) is 20.8. The van der Waals surface area contributed by atoms with Gasteiger partial charge in [0.2, 0.25) is 23.6 Å². The van der Waals surface area contributed by atoms with E-state index in [0.29, 0.717) is 32.4 Å². The maximum atomic E-state index is 12.9. The van der Waals surface area contributed by atoms with Crippen LogP contribution in [0.1, 0.15) is 56.4 Å². The van der Waals surface area contributed by atoms with Crippen molar-refractivity contribution >= 4 is 29.3 Å². The van der Waals surface area contributed by atoms with E-state index in [9.17, 15) is 19.2 Å². The third-order valence-corrected chi connectivity index (χ3v) is 5.51. The number of para-hydroxylation sites is 1. The molecule has 2 atom stereocenters. The maximum absolute atomic E-state index is 12.9. The molecule has 1 fully saturated rings. The second-order valence-corrected chi connectivity index (χ2v) is 7.56. The molecule has 2 aliphatic heterocycles. The topological polar surface area (TPSA) is 122 Å². The van der Waals surface area contributed by atoms with Gasteiger partial charge in [0.1, 0.15) is 6.04 Å². The highest BCUT2D eigenvalue weighted by molar-refractivity contribution is 6.02. The number of nitrogens with one attached hydrogen (secondary N) is 2. The van der Waals surface area contributed by atoms with E-state index < -0.39 is 17.9 Å². The molecule has 1 aromatic rings. The number of fused-ring (bicyclic) bond motifs is 1. The van der Waals surface area contributed by atoms with Crippen molar-refractivity contribution in [3.05, 3.63) is 29.8 Å². The number of piperidine rings is 1. The van der Waals surface area contributed by atoms with E-state index in [4.69, 9.17) is 5.73 Å². The van der Waals surface area contributed by atoms with Crippen LogP contribution in [0.15, 0.2) is 24.3 Å².